The van der Waals surface area contributed by atoms with Gasteiger partial charge in [-0.25, -0.2) is 0 Å². The largest absolute Gasteiger partial charge is 0.463 e. The molecule has 1 amide bonds. The van der Waals surface area contributed by atoms with Crippen LogP contribution in [0.2, 0.25) is 5.02 Å². The average Bonchev–Trinajstić information content (AvgIpc) is 2.46. The number of benzene rings is 1. The Bertz CT molecular complexity index is 587. The van der Waals surface area contributed by atoms with Gasteiger partial charge < -0.3 is 14.8 Å². The van der Waals surface area contributed by atoms with Crippen molar-refractivity contribution in [1.82, 2.24) is 5.32 Å². The van der Waals surface area contributed by atoms with Crippen LogP contribution in [0.5, 0.6) is 0 Å². The molecule has 6 heteroatoms. The minimum atomic E-state index is -0.631. The Kier molecular flexibility index (Phi) is 5.57. The average molecular weight is 324 g/mol. The molecule has 1 fully saturated rings. The van der Waals surface area contributed by atoms with E-state index in [1.54, 1.807) is 18.2 Å². The number of methoxy groups -OCH3 is 1. The highest BCUT2D eigenvalue weighted by atomic mass is 35.5. The Morgan fingerprint density at radius 3 is 2.91 bits per heavy atom. The van der Waals surface area contributed by atoms with Gasteiger partial charge in [-0.1, -0.05) is 30.3 Å². The van der Waals surface area contributed by atoms with Gasteiger partial charge >= 0.3 is 5.97 Å². The minimum absolute atomic E-state index is 0.162. The van der Waals surface area contributed by atoms with Crippen molar-refractivity contribution in [2.45, 2.75) is 12.3 Å². The molecule has 0 aliphatic carbocycles. The first-order valence-corrected chi connectivity index (χ1v) is 7.30. The molecule has 2 atom stereocenters. The Morgan fingerprint density at radius 2 is 2.23 bits per heavy atom. The number of piperidine rings is 1. The number of ether oxygens (including phenoxy) is 2. The van der Waals surface area contributed by atoms with Crippen molar-refractivity contribution in [1.29, 1.82) is 0 Å². The summed E-state index contributed by atoms with van der Waals surface area (Å²) < 4.78 is 10.1. The molecule has 118 valence electrons. The molecule has 1 aliphatic rings. The molecular weight excluding hydrogens is 306 g/mol. The molecule has 1 aromatic rings. The lowest BCUT2D eigenvalue weighted by atomic mass is 9.79. The molecule has 0 unspecified atom stereocenters. The molecule has 1 aliphatic heterocycles. The van der Waals surface area contributed by atoms with Gasteiger partial charge in [-0.15, -0.1) is 0 Å². The maximum Gasteiger partial charge on any atom is 0.315 e. The molecule has 1 N–H and O–H groups in total. The van der Waals surface area contributed by atoms with E-state index < -0.39 is 11.9 Å². The van der Waals surface area contributed by atoms with Gasteiger partial charge in [0.25, 0.3) is 0 Å². The summed E-state index contributed by atoms with van der Waals surface area (Å²) in [6.07, 6.45) is 0.184. The number of halogens is 1. The van der Waals surface area contributed by atoms with Crippen LogP contribution in [-0.2, 0) is 19.1 Å². The van der Waals surface area contributed by atoms with E-state index >= 15 is 0 Å². The third-order valence-corrected chi connectivity index (χ3v) is 3.78. The van der Waals surface area contributed by atoms with Gasteiger partial charge in [0.2, 0.25) is 5.91 Å². The van der Waals surface area contributed by atoms with Crippen LogP contribution in [0.1, 0.15) is 17.9 Å². The molecule has 0 bridgehead atoms. The van der Waals surface area contributed by atoms with Crippen molar-refractivity contribution < 1.29 is 19.1 Å². The lowest BCUT2D eigenvalue weighted by molar-refractivity contribution is -0.150. The van der Waals surface area contributed by atoms with Gasteiger partial charge in [0.1, 0.15) is 12.5 Å². The second-order valence-electron chi connectivity index (χ2n) is 5.08. The third-order valence-electron chi connectivity index (χ3n) is 3.55. The second-order valence-corrected chi connectivity index (χ2v) is 5.51. The number of carbonyl (C=O) groups excluding carboxylic acids is 2. The van der Waals surface area contributed by atoms with E-state index in [1.807, 2.05) is 6.07 Å². The van der Waals surface area contributed by atoms with Gasteiger partial charge in [-0.3, -0.25) is 9.59 Å². The molecule has 0 aromatic heterocycles. The zero-order valence-electron chi connectivity index (χ0n) is 12.3. The number of esters is 1. The molecule has 2 rings (SSSR count). The molecule has 0 radical (unpaired) electrons. The van der Waals surface area contributed by atoms with Gasteiger partial charge in [0, 0.05) is 30.2 Å². The minimum Gasteiger partial charge on any atom is -0.463 e. The van der Waals surface area contributed by atoms with Crippen molar-refractivity contribution in [2.75, 3.05) is 20.3 Å². The Hall–Kier alpha value is -1.85. The van der Waals surface area contributed by atoms with Crippen molar-refractivity contribution in [3.05, 3.63) is 47.1 Å². The number of hydrogen-bond acceptors (Lipinski definition) is 4. The maximum absolute atomic E-state index is 12.3. The van der Waals surface area contributed by atoms with Crippen LogP contribution < -0.4 is 5.32 Å². The van der Waals surface area contributed by atoms with Crippen LogP contribution in [0.3, 0.4) is 0 Å². The summed E-state index contributed by atoms with van der Waals surface area (Å²) >= 11 is 6.01. The lowest BCUT2D eigenvalue weighted by Crippen LogP contribution is -2.41. The Balaban J connectivity index is 2.24. The van der Waals surface area contributed by atoms with Crippen molar-refractivity contribution in [3.63, 3.8) is 0 Å². The molecule has 0 spiro atoms. The van der Waals surface area contributed by atoms with Crippen molar-refractivity contribution >= 4 is 23.5 Å². The van der Waals surface area contributed by atoms with E-state index in [0.29, 0.717) is 17.3 Å². The smallest absolute Gasteiger partial charge is 0.315 e. The molecule has 22 heavy (non-hydrogen) atoms. The maximum atomic E-state index is 12.3. The molecule has 5 nitrogen and oxygen atoms in total. The fraction of sp³-hybridized carbons (Fsp3) is 0.375. The van der Waals surface area contributed by atoms with Crippen LogP contribution in [0.15, 0.2) is 36.5 Å². The second kappa shape index (κ2) is 7.42. The third kappa shape index (κ3) is 3.87. The van der Waals surface area contributed by atoms with Crippen LogP contribution in [-0.4, -0.2) is 32.2 Å². The van der Waals surface area contributed by atoms with Gasteiger partial charge in [-0.05, 0) is 17.7 Å². The number of hydrogen-bond donors (Lipinski definition) is 1. The van der Waals surface area contributed by atoms with Crippen molar-refractivity contribution in [3.8, 4) is 0 Å². The molecule has 0 saturated carbocycles. The van der Waals surface area contributed by atoms with E-state index in [9.17, 15) is 9.59 Å². The fourth-order valence-electron chi connectivity index (χ4n) is 2.54. The quantitative estimate of drug-likeness (QED) is 0.667. The van der Waals surface area contributed by atoms with E-state index in [4.69, 9.17) is 21.1 Å². The predicted octanol–water partition coefficient (Wildman–Crippen LogP) is 2.26. The zero-order chi connectivity index (χ0) is 16.1. The summed E-state index contributed by atoms with van der Waals surface area (Å²) in [5.41, 5.74) is 1.17. The van der Waals surface area contributed by atoms with Crippen LogP contribution in [0, 0.1) is 5.92 Å². The van der Waals surface area contributed by atoms with Gasteiger partial charge in [0.15, 0.2) is 0 Å². The van der Waals surface area contributed by atoms with Gasteiger partial charge in [0.05, 0.1) is 6.61 Å². The predicted molar refractivity (Wildman–Crippen MR) is 82.4 cm³/mol. The zero-order valence-corrected chi connectivity index (χ0v) is 13.1. The lowest BCUT2D eigenvalue weighted by Gasteiger charge is -2.32. The summed E-state index contributed by atoms with van der Waals surface area (Å²) in [6, 6.07) is 7.14. The van der Waals surface area contributed by atoms with E-state index in [2.05, 4.69) is 11.9 Å². The molecule has 1 heterocycles. The van der Waals surface area contributed by atoms with Crippen molar-refractivity contribution in [2.24, 2.45) is 5.92 Å². The molecule has 1 saturated heterocycles. The first-order valence-electron chi connectivity index (χ1n) is 6.92. The summed E-state index contributed by atoms with van der Waals surface area (Å²) in [4.78, 5) is 24.1. The summed E-state index contributed by atoms with van der Waals surface area (Å²) in [7, 11) is 1.53. The van der Waals surface area contributed by atoms with Crippen LogP contribution in [0.4, 0.5) is 0 Å². The van der Waals surface area contributed by atoms with Crippen LogP contribution in [0.25, 0.3) is 0 Å². The first kappa shape index (κ1) is 16.5. The normalized spacial score (nSPS) is 21.4. The topological polar surface area (TPSA) is 64.6 Å². The highest BCUT2D eigenvalue weighted by molar-refractivity contribution is 6.30. The number of amides is 1. The summed E-state index contributed by atoms with van der Waals surface area (Å²) in [6.45, 7) is 4.28. The number of nitrogens with one attached hydrogen (secondary N) is 1. The SMILES string of the molecule is C=C1NC(=O)C[C@H](c2cccc(Cl)c2)[C@H]1C(=O)OCCOC. The van der Waals surface area contributed by atoms with Gasteiger partial charge in [-0.2, -0.15) is 0 Å². The molecule has 1 aromatic carbocycles. The Morgan fingerprint density at radius 1 is 1.45 bits per heavy atom. The van der Waals surface area contributed by atoms with E-state index in [1.165, 1.54) is 7.11 Å². The van der Waals surface area contributed by atoms with Crippen LogP contribution >= 0.6 is 11.6 Å². The number of carbonyl (C=O) groups is 2. The highest BCUT2D eigenvalue weighted by Gasteiger charge is 2.39. The van der Waals surface area contributed by atoms with E-state index in [0.717, 1.165) is 5.56 Å². The monoisotopic (exact) mass is 323 g/mol. The first-order chi connectivity index (χ1) is 10.5. The summed E-state index contributed by atoms with van der Waals surface area (Å²) in [5, 5.41) is 3.17. The highest BCUT2D eigenvalue weighted by Crippen LogP contribution is 2.36. The fourth-order valence-corrected chi connectivity index (χ4v) is 2.74. The standard InChI is InChI=1S/C16H18ClNO4/c1-10-15(16(20)22-7-6-21-2)13(9-14(19)18-10)11-4-3-5-12(17)8-11/h3-5,8,13,15H,1,6-7,9H2,2H3,(H,18,19)/t13-,15+/m1/s1. The summed E-state index contributed by atoms with van der Waals surface area (Å²) in [5.74, 6) is -1.56. The molecular formula is C16H18ClNO4. The van der Waals surface area contributed by atoms with E-state index in [-0.39, 0.29) is 24.9 Å². The Labute approximate surface area is 134 Å². The number of rotatable bonds is 5.